The van der Waals surface area contributed by atoms with Gasteiger partial charge in [0.15, 0.2) is 6.61 Å². The third kappa shape index (κ3) is 5.38. The van der Waals surface area contributed by atoms with Gasteiger partial charge in [-0.05, 0) is 31.9 Å². The molecular weight excluding hydrogens is 264 g/mol. The van der Waals surface area contributed by atoms with Gasteiger partial charge < -0.3 is 15.4 Å². The lowest BCUT2D eigenvalue weighted by Gasteiger charge is -2.14. The van der Waals surface area contributed by atoms with Gasteiger partial charge in [0.1, 0.15) is 5.75 Å². The molecule has 116 valence electrons. The molecule has 1 aliphatic rings. The Morgan fingerprint density at radius 2 is 2.05 bits per heavy atom. The van der Waals surface area contributed by atoms with Gasteiger partial charge in [-0.3, -0.25) is 4.79 Å². The summed E-state index contributed by atoms with van der Waals surface area (Å²) >= 11 is 0. The third-order valence-corrected chi connectivity index (χ3v) is 3.79. The Balaban J connectivity index is 1.79. The summed E-state index contributed by atoms with van der Waals surface area (Å²) in [6.45, 7) is 3.99. The number of ether oxygens (including phenoxy) is 1. The smallest absolute Gasteiger partial charge is 0.258 e. The van der Waals surface area contributed by atoms with Gasteiger partial charge in [0.25, 0.3) is 5.91 Å². The van der Waals surface area contributed by atoms with E-state index in [1.165, 1.54) is 12.8 Å². The van der Waals surface area contributed by atoms with E-state index >= 15 is 0 Å². The number of hydrogen-bond acceptors (Lipinski definition) is 3. The first-order valence-electron chi connectivity index (χ1n) is 8.00. The van der Waals surface area contributed by atoms with Crippen molar-refractivity contribution in [2.24, 2.45) is 0 Å². The third-order valence-electron chi connectivity index (χ3n) is 3.79. The maximum absolute atomic E-state index is 11.9. The molecule has 0 bridgehead atoms. The average molecular weight is 290 g/mol. The molecule has 0 spiro atoms. The van der Waals surface area contributed by atoms with Crippen molar-refractivity contribution in [2.75, 3.05) is 13.2 Å². The normalized spacial score (nSPS) is 15.1. The fraction of sp³-hybridized carbons (Fsp3) is 0.588. The maximum atomic E-state index is 11.9. The molecule has 1 aliphatic carbocycles. The van der Waals surface area contributed by atoms with Gasteiger partial charge in [0.05, 0.1) is 0 Å². The second kappa shape index (κ2) is 8.67. The lowest BCUT2D eigenvalue weighted by Crippen LogP contribution is -2.36. The van der Waals surface area contributed by atoms with Gasteiger partial charge >= 0.3 is 0 Å². The fourth-order valence-corrected chi connectivity index (χ4v) is 2.67. The molecule has 4 nitrogen and oxygen atoms in total. The Kier molecular flexibility index (Phi) is 6.54. The average Bonchev–Trinajstić information content (AvgIpc) is 2.99. The molecule has 0 radical (unpaired) electrons. The van der Waals surface area contributed by atoms with Crippen molar-refractivity contribution in [1.82, 2.24) is 10.6 Å². The van der Waals surface area contributed by atoms with Crippen LogP contribution in [0.5, 0.6) is 5.75 Å². The first-order chi connectivity index (χ1) is 10.3. The van der Waals surface area contributed by atoms with Crippen molar-refractivity contribution >= 4 is 5.91 Å². The second-order valence-corrected chi connectivity index (χ2v) is 5.62. The van der Waals surface area contributed by atoms with E-state index < -0.39 is 0 Å². The van der Waals surface area contributed by atoms with Crippen LogP contribution in [0.4, 0.5) is 0 Å². The van der Waals surface area contributed by atoms with Crippen LogP contribution < -0.4 is 15.4 Å². The molecular formula is C17H26N2O2. The van der Waals surface area contributed by atoms with Crippen LogP contribution in [0.1, 0.15) is 44.6 Å². The zero-order chi connectivity index (χ0) is 14.9. The predicted octanol–water partition coefficient (Wildman–Crippen LogP) is 2.62. The lowest BCUT2D eigenvalue weighted by molar-refractivity contribution is -0.123. The number of hydrogen-bond donors (Lipinski definition) is 2. The summed E-state index contributed by atoms with van der Waals surface area (Å²) in [4.78, 5) is 11.9. The van der Waals surface area contributed by atoms with Crippen LogP contribution in [0.15, 0.2) is 24.3 Å². The van der Waals surface area contributed by atoms with E-state index in [2.05, 4.69) is 17.6 Å². The largest absolute Gasteiger partial charge is 0.483 e. The van der Waals surface area contributed by atoms with Crippen LogP contribution in [0.3, 0.4) is 0 Å². The Labute approximate surface area is 127 Å². The van der Waals surface area contributed by atoms with Gasteiger partial charge in [-0.15, -0.1) is 0 Å². The van der Waals surface area contributed by atoms with E-state index in [0.29, 0.717) is 6.04 Å². The van der Waals surface area contributed by atoms with Crippen LogP contribution in [0.25, 0.3) is 0 Å². The van der Waals surface area contributed by atoms with E-state index in [0.717, 1.165) is 43.7 Å². The number of para-hydroxylation sites is 1. The minimum Gasteiger partial charge on any atom is -0.483 e. The van der Waals surface area contributed by atoms with Gasteiger partial charge in [0.2, 0.25) is 0 Å². The van der Waals surface area contributed by atoms with Gasteiger partial charge in [0, 0.05) is 18.2 Å². The quantitative estimate of drug-likeness (QED) is 0.724. The molecule has 0 heterocycles. The van der Waals surface area contributed by atoms with E-state index in [1.807, 2.05) is 24.3 Å². The molecule has 0 unspecified atom stereocenters. The minimum absolute atomic E-state index is 0.0155. The highest BCUT2D eigenvalue weighted by atomic mass is 16.5. The van der Waals surface area contributed by atoms with Crippen molar-refractivity contribution < 1.29 is 9.53 Å². The topological polar surface area (TPSA) is 50.4 Å². The van der Waals surface area contributed by atoms with Crippen molar-refractivity contribution in [3.63, 3.8) is 0 Å². The van der Waals surface area contributed by atoms with Crippen molar-refractivity contribution in [2.45, 2.75) is 51.6 Å². The monoisotopic (exact) mass is 290 g/mol. The molecule has 4 heteroatoms. The van der Waals surface area contributed by atoms with E-state index in [4.69, 9.17) is 4.74 Å². The Morgan fingerprint density at radius 3 is 2.81 bits per heavy atom. The lowest BCUT2D eigenvalue weighted by atomic mass is 10.2. The number of amides is 1. The molecule has 21 heavy (non-hydrogen) atoms. The number of benzene rings is 1. The molecule has 1 saturated carbocycles. The summed E-state index contributed by atoms with van der Waals surface area (Å²) < 4.78 is 5.69. The van der Waals surface area contributed by atoms with Crippen LogP contribution in [-0.2, 0) is 11.3 Å². The molecule has 2 N–H and O–H groups in total. The zero-order valence-electron chi connectivity index (χ0n) is 12.9. The van der Waals surface area contributed by atoms with Gasteiger partial charge in [-0.25, -0.2) is 0 Å². The van der Waals surface area contributed by atoms with Gasteiger partial charge in [-0.2, -0.15) is 0 Å². The highest BCUT2D eigenvalue weighted by molar-refractivity contribution is 5.77. The molecule has 1 aromatic rings. The van der Waals surface area contributed by atoms with Crippen molar-refractivity contribution in [3.05, 3.63) is 29.8 Å². The molecule has 0 atom stereocenters. The molecule has 2 rings (SSSR count). The standard InChI is InChI=1S/C17H26N2O2/c1-2-11-18-12-14-7-3-6-10-16(14)21-13-17(20)19-15-8-4-5-9-15/h3,6-7,10,15,18H,2,4-5,8-9,11-13H2,1H3,(H,19,20). The number of rotatable bonds is 8. The van der Waals surface area contributed by atoms with Gasteiger partial charge in [-0.1, -0.05) is 38.0 Å². The summed E-state index contributed by atoms with van der Waals surface area (Å²) in [6.07, 6.45) is 5.74. The Bertz CT molecular complexity index is 442. The predicted molar refractivity (Wildman–Crippen MR) is 84.3 cm³/mol. The first kappa shape index (κ1) is 15.8. The Morgan fingerprint density at radius 1 is 1.29 bits per heavy atom. The highest BCUT2D eigenvalue weighted by Gasteiger charge is 2.17. The molecule has 1 fully saturated rings. The summed E-state index contributed by atoms with van der Waals surface area (Å²) in [5.41, 5.74) is 1.10. The van der Waals surface area contributed by atoms with Crippen LogP contribution in [0.2, 0.25) is 0 Å². The maximum Gasteiger partial charge on any atom is 0.258 e. The SMILES string of the molecule is CCCNCc1ccccc1OCC(=O)NC1CCCC1. The number of carbonyl (C=O) groups excluding carboxylic acids is 1. The second-order valence-electron chi connectivity index (χ2n) is 5.62. The highest BCUT2D eigenvalue weighted by Crippen LogP contribution is 2.19. The van der Waals surface area contributed by atoms with Crippen LogP contribution in [-0.4, -0.2) is 25.1 Å². The molecule has 1 aromatic carbocycles. The van der Waals surface area contributed by atoms with E-state index in [9.17, 15) is 4.79 Å². The number of nitrogens with one attached hydrogen (secondary N) is 2. The first-order valence-corrected chi connectivity index (χ1v) is 8.00. The molecule has 0 saturated heterocycles. The summed E-state index contributed by atoms with van der Waals surface area (Å²) in [7, 11) is 0. The molecule has 1 amide bonds. The molecule has 0 aliphatic heterocycles. The summed E-state index contributed by atoms with van der Waals surface area (Å²) in [5, 5.41) is 6.40. The fourth-order valence-electron chi connectivity index (χ4n) is 2.67. The van der Waals surface area contributed by atoms with Crippen LogP contribution in [0, 0.1) is 0 Å². The summed E-state index contributed by atoms with van der Waals surface area (Å²) in [5.74, 6) is 0.779. The number of carbonyl (C=O) groups is 1. The summed E-state index contributed by atoms with van der Waals surface area (Å²) in [6, 6.07) is 8.24. The van der Waals surface area contributed by atoms with Crippen molar-refractivity contribution in [3.8, 4) is 5.75 Å². The molecule has 0 aromatic heterocycles. The van der Waals surface area contributed by atoms with Crippen LogP contribution >= 0.6 is 0 Å². The van der Waals surface area contributed by atoms with E-state index in [-0.39, 0.29) is 12.5 Å². The van der Waals surface area contributed by atoms with E-state index in [1.54, 1.807) is 0 Å². The minimum atomic E-state index is -0.0155. The Hall–Kier alpha value is -1.55. The van der Waals surface area contributed by atoms with Crippen molar-refractivity contribution in [1.29, 1.82) is 0 Å². The zero-order valence-corrected chi connectivity index (χ0v) is 12.9.